The number of rotatable bonds is 5. The van der Waals surface area contributed by atoms with E-state index in [-0.39, 0.29) is 6.10 Å². The summed E-state index contributed by atoms with van der Waals surface area (Å²) in [4.78, 5) is 13.4. The third-order valence-corrected chi connectivity index (χ3v) is 4.47. The molecule has 1 fully saturated rings. The lowest BCUT2D eigenvalue weighted by Gasteiger charge is -2.02. The van der Waals surface area contributed by atoms with Gasteiger partial charge in [0.25, 0.3) is 5.89 Å². The van der Waals surface area contributed by atoms with E-state index in [1.807, 2.05) is 41.1 Å². The number of aromatic nitrogens is 5. The Hall–Kier alpha value is -3.26. The van der Waals surface area contributed by atoms with E-state index >= 15 is 0 Å². The molecule has 0 amide bonds. The monoisotopic (exact) mass is 363 g/mol. The van der Waals surface area contributed by atoms with Crippen molar-refractivity contribution in [3.05, 3.63) is 60.7 Å². The second-order valence-electron chi connectivity index (χ2n) is 6.33. The van der Waals surface area contributed by atoms with Gasteiger partial charge >= 0.3 is 0 Å². The summed E-state index contributed by atoms with van der Waals surface area (Å²) in [6.45, 7) is 1.17. The fourth-order valence-corrected chi connectivity index (χ4v) is 3.15. The summed E-state index contributed by atoms with van der Waals surface area (Å²) in [7, 11) is 0. The maximum absolute atomic E-state index is 5.62. The van der Waals surface area contributed by atoms with Gasteiger partial charge in [0.1, 0.15) is 18.1 Å². The van der Waals surface area contributed by atoms with Gasteiger partial charge in [-0.1, -0.05) is 23.4 Å². The molecule has 4 heterocycles. The van der Waals surface area contributed by atoms with Gasteiger partial charge < -0.3 is 18.2 Å². The van der Waals surface area contributed by atoms with Crippen LogP contribution in [0.4, 0.5) is 0 Å². The Labute approximate surface area is 154 Å². The molecule has 136 valence electrons. The predicted octanol–water partition coefficient (Wildman–Crippen LogP) is 3.49. The zero-order chi connectivity index (χ0) is 18.1. The van der Waals surface area contributed by atoms with Gasteiger partial charge in [-0.15, -0.1) is 0 Å². The molecular formula is C19H17N5O3. The molecule has 4 aromatic rings. The van der Waals surface area contributed by atoms with E-state index in [1.54, 1.807) is 12.5 Å². The predicted molar refractivity (Wildman–Crippen MR) is 94.5 cm³/mol. The smallest absolute Gasteiger partial charge is 0.255 e. The summed E-state index contributed by atoms with van der Waals surface area (Å²) >= 11 is 0. The molecule has 1 saturated heterocycles. The first-order valence-corrected chi connectivity index (χ1v) is 8.83. The Morgan fingerprint density at radius 3 is 2.93 bits per heavy atom. The fraction of sp³-hybridized carbons (Fsp3) is 0.263. The summed E-state index contributed by atoms with van der Waals surface area (Å²) in [5.41, 5.74) is 1.57. The van der Waals surface area contributed by atoms with E-state index in [9.17, 15) is 0 Å². The van der Waals surface area contributed by atoms with Crippen LogP contribution in [0.5, 0.6) is 0 Å². The highest BCUT2D eigenvalue weighted by atomic mass is 16.5. The first-order valence-electron chi connectivity index (χ1n) is 8.83. The summed E-state index contributed by atoms with van der Waals surface area (Å²) in [5.74, 6) is 2.35. The van der Waals surface area contributed by atoms with Crippen molar-refractivity contribution in [3.8, 4) is 23.0 Å². The normalized spacial score (nSPS) is 16.8. The summed E-state index contributed by atoms with van der Waals surface area (Å²) < 4.78 is 18.5. The fourth-order valence-electron chi connectivity index (χ4n) is 3.15. The van der Waals surface area contributed by atoms with Crippen LogP contribution >= 0.6 is 0 Å². The van der Waals surface area contributed by atoms with E-state index in [1.165, 1.54) is 0 Å². The number of nitrogens with zero attached hydrogens (tertiary/aromatic N) is 5. The molecule has 0 radical (unpaired) electrons. The Balaban J connectivity index is 1.38. The Kier molecular flexibility index (Phi) is 4.02. The average Bonchev–Trinajstić information content (AvgIpc) is 3.48. The van der Waals surface area contributed by atoms with Crippen molar-refractivity contribution < 1.29 is 13.7 Å². The molecule has 1 atom stereocenters. The number of hydrogen-bond acceptors (Lipinski definition) is 7. The topological polar surface area (TPSA) is 92.0 Å². The number of benzene rings is 1. The number of hydrogen-bond donors (Lipinski definition) is 0. The van der Waals surface area contributed by atoms with Crippen molar-refractivity contribution in [2.45, 2.75) is 25.5 Å². The van der Waals surface area contributed by atoms with Crippen molar-refractivity contribution in [1.82, 2.24) is 24.7 Å². The van der Waals surface area contributed by atoms with E-state index in [0.29, 0.717) is 35.7 Å². The Morgan fingerprint density at radius 2 is 2.07 bits per heavy atom. The zero-order valence-corrected chi connectivity index (χ0v) is 14.5. The van der Waals surface area contributed by atoms with Gasteiger partial charge in [0, 0.05) is 24.6 Å². The maximum Gasteiger partial charge on any atom is 0.255 e. The summed E-state index contributed by atoms with van der Waals surface area (Å²) in [6, 6.07) is 9.75. The molecule has 0 aliphatic carbocycles. The highest BCUT2D eigenvalue weighted by Gasteiger charge is 2.24. The highest BCUT2D eigenvalue weighted by molar-refractivity contribution is 5.58. The standard InChI is InChI=1S/C19H17N5O3/c1-2-5-13(6-3-1)18-21-14(12-26-18)17-20-8-9-24(17)11-16-22-19(27-23-16)15-7-4-10-25-15/h1-3,5-6,8-9,12,15H,4,7,10-11H2. The first-order chi connectivity index (χ1) is 13.4. The molecular weight excluding hydrogens is 346 g/mol. The molecule has 8 nitrogen and oxygen atoms in total. The number of oxazole rings is 1. The quantitative estimate of drug-likeness (QED) is 0.536. The van der Waals surface area contributed by atoms with Crippen molar-refractivity contribution in [3.63, 3.8) is 0 Å². The number of imidazole rings is 1. The molecule has 1 aliphatic rings. The SMILES string of the molecule is c1ccc(-c2nc(-c3nccn3Cc3noc(C4CCCO4)n3)co2)cc1. The van der Waals surface area contributed by atoms with Gasteiger partial charge in [0.05, 0.1) is 6.54 Å². The summed E-state index contributed by atoms with van der Waals surface area (Å²) in [5, 5.41) is 4.06. The Morgan fingerprint density at radius 1 is 1.15 bits per heavy atom. The molecule has 1 aromatic carbocycles. The molecule has 1 aliphatic heterocycles. The van der Waals surface area contributed by atoms with Crippen LogP contribution in [0.2, 0.25) is 0 Å². The molecule has 3 aromatic heterocycles. The van der Waals surface area contributed by atoms with E-state index in [2.05, 4.69) is 20.1 Å². The molecule has 0 spiro atoms. The van der Waals surface area contributed by atoms with Gasteiger partial charge in [-0.3, -0.25) is 0 Å². The van der Waals surface area contributed by atoms with Crippen LogP contribution in [0.1, 0.15) is 30.7 Å². The largest absolute Gasteiger partial charge is 0.444 e. The van der Waals surface area contributed by atoms with Crippen LogP contribution in [0.25, 0.3) is 23.0 Å². The molecule has 27 heavy (non-hydrogen) atoms. The maximum atomic E-state index is 5.62. The van der Waals surface area contributed by atoms with Crippen LogP contribution in [0, 0.1) is 0 Å². The second kappa shape index (κ2) is 6.81. The van der Waals surface area contributed by atoms with Crippen LogP contribution in [0.15, 0.2) is 57.9 Å². The van der Waals surface area contributed by atoms with Crippen molar-refractivity contribution in [2.24, 2.45) is 0 Å². The second-order valence-corrected chi connectivity index (χ2v) is 6.33. The lowest BCUT2D eigenvalue weighted by molar-refractivity contribution is 0.0835. The number of ether oxygens (including phenoxy) is 1. The average molecular weight is 363 g/mol. The van der Waals surface area contributed by atoms with Gasteiger partial charge in [0.15, 0.2) is 11.6 Å². The summed E-state index contributed by atoms with van der Waals surface area (Å²) in [6.07, 6.45) is 7.03. The van der Waals surface area contributed by atoms with Crippen LogP contribution in [-0.2, 0) is 11.3 Å². The van der Waals surface area contributed by atoms with Gasteiger partial charge in [-0.05, 0) is 25.0 Å². The molecule has 1 unspecified atom stereocenters. The van der Waals surface area contributed by atoms with Crippen molar-refractivity contribution in [1.29, 1.82) is 0 Å². The minimum atomic E-state index is -0.0857. The third-order valence-electron chi connectivity index (χ3n) is 4.47. The third kappa shape index (κ3) is 3.15. The highest BCUT2D eigenvalue weighted by Crippen LogP contribution is 2.27. The van der Waals surface area contributed by atoms with Crippen LogP contribution in [-0.4, -0.2) is 31.3 Å². The molecule has 0 saturated carbocycles. The lowest BCUT2D eigenvalue weighted by Crippen LogP contribution is -2.03. The van der Waals surface area contributed by atoms with Crippen LogP contribution < -0.4 is 0 Å². The van der Waals surface area contributed by atoms with E-state index < -0.39 is 0 Å². The van der Waals surface area contributed by atoms with E-state index in [0.717, 1.165) is 25.0 Å². The van der Waals surface area contributed by atoms with Gasteiger partial charge in [0.2, 0.25) is 5.89 Å². The van der Waals surface area contributed by atoms with E-state index in [4.69, 9.17) is 13.7 Å². The lowest BCUT2D eigenvalue weighted by atomic mass is 10.2. The molecule has 0 N–H and O–H groups in total. The minimum Gasteiger partial charge on any atom is -0.444 e. The van der Waals surface area contributed by atoms with Crippen molar-refractivity contribution in [2.75, 3.05) is 6.61 Å². The van der Waals surface area contributed by atoms with Gasteiger partial charge in [-0.2, -0.15) is 4.98 Å². The zero-order valence-electron chi connectivity index (χ0n) is 14.5. The minimum absolute atomic E-state index is 0.0857. The molecule has 0 bridgehead atoms. The first kappa shape index (κ1) is 16.0. The van der Waals surface area contributed by atoms with Gasteiger partial charge in [-0.25, -0.2) is 9.97 Å². The van der Waals surface area contributed by atoms with Crippen molar-refractivity contribution >= 4 is 0 Å². The molecule has 5 rings (SSSR count). The van der Waals surface area contributed by atoms with Crippen LogP contribution in [0.3, 0.4) is 0 Å². The Bertz CT molecular complexity index is 1030. The molecule has 8 heteroatoms.